The molecule has 0 radical (unpaired) electrons. The summed E-state index contributed by atoms with van der Waals surface area (Å²) in [5.41, 5.74) is 0. The monoisotopic (exact) mass is 343 g/mol. The summed E-state index contributed by atoms with van der Waals surface area (Å²) < 4.78 is 0. The second-order valence-electron chi connectivity index (χ2n) is 4.94. The van der Waals surface area contributed by atoms with Crippen molar-refractivity contribution < 1.29 is 0 Å². The molecule has 2 N–H and O–H groups in total. The van der Waals surface area contributed by atoms with Gasteiger partial charge in [0.15, 0.2) is 0 Å². The van der Waals surface area contributed by atoms with E-state index in [1.165, 1.54) is 9.75 Å². The van der Waals surface area contributed by atoms with E-state index in [2.05, 4.69) is 41.6 Å². The molecule has 0 bridgehead atoms. The molecule has 0 aromatic carbocycles. The quantitative estimate of drug-likeness (QED) is 0.753. The van der Waals surface area contributed by atoms with Crippen LogP contribution in [0.1, 0.15) is 23.6 Å². The molecule has 0 saturated heterocycles. The van der Waals surface area contributed by atoms with Crippen LogP contribution >= 0.6 is 34.5 Å². The predicted octanol–water partition coefficient (Wildman–Crippen LogP) is 5.23. The summed E-state index contributed by atoms with van der Waals surface area (Å²) in [4.78, 5) is 7.15. The zero-order valence-corrected chi connectivity index (χ0v) is 14.7. The van der Waals surface area contributed by atoms with Crippen molar-refractivity contribution in [2.45, 2.75) is 33.2 Å². The number of nitrogens with zero attached hydrogens (tertiary/aromatic N) is 1. The molecule has 1 atom stereocenters. The molecule has 3 nitrogen and oxygen atoms in total. The Morgan fingerprint density at radius 2 is 1.95 bits per heavy atom. The number of rotatable bonds is 6. The van der Waals surface area contributed by atoms with Crippen molar-refractivity contribution in [1.29, 1.82) is 0 Å². The maximum absolute atomic E-state index is 6.22. The molecule has 21 heavy (non-hydrogen) atoms. The van der Waals surface area contributed by atoms with Crippen LogP contribution < -0.4 is 10.6 Å². The summed E-state index contributed by atoms with van der Waals surface area (Å²) in [7, 11) is 0. The number of anilines is 2. The van der Waals surface area contributed by atoms with Gasteiger partial charge in [-0.15, -0.1) is 11.3 Å². The maximum Gasteiger partial charge on any atom is 0.147 e. The van der Waals surface area contributed by atoms with E-state index in [0.29, 0.717) is 21.7 Å². The van der Waals surface area contributed by atoms with E-state index < -0.39 is 0 Å². The number of hydrogen-bond acceptors (Lipinski definition) is 4. The van der Waals surface area contributed by atoms with Gasteiger partial charge in [0.25, 0.3) is 0 Å². The molecule has 0 aliphatic rings. The van der Waals surface area contributed by atoms with Gasteiger partial charge in [-0.3, -0.25) is 0 Å². The Bertz CT molecular complexity index is 613. The maximum atomic E-state index is 6.22. The topological polar surface area (TPSA) is 37.0 Å². The third-order valence-electron chi connectivity index (χ3n) is 2.96. The molecule has 1 unspecified atom stereocenters. The lowest BCUT2D eigenvalue weighted by Crippen LogP contribution is -2.19. The average molecular weight is 344 g/mol. The fourth-order valence-corrected chi connectivity index (χ4v) is 3.54. The molecule has 0 fully saturated rings. The molecule has 0 spiro atoms. The number of pyridine rings is 1. The smallest absolute Gasteiger partial charge is 0.147 e. The van der Waals surface area contributed by atoms with Crippen molar-refractivity contribution in [2.24, 2.45) is 0 Å². The minimum atomic E-state index is 0.240. The van der Waals surface area contributed by atoms with E-state index >= 15 is 0 Å². The highest BCUT2D eigenvalue weighted by molar-refractivity contribution is 7.11. The summed E-state index contributed by atoms with van der Waals surface area (Å²) in [6.45, 7) is 7.00. The molecule has 2 aromatic rings. The highest BCUT2D eigenvalue weighted by Crippen LogP contribution is 2.30. The van der Waals surface area contributed by atoms with Gasteiger partial charge in [-0.25, -0.2) is 4.98 Å². The van der Waals surface area contributed by atoms with Crippen molar-refractivity contribution in [3.63, 3.8) is 0 Å². The van der Waals surface area contributed by atoms with Gasteiger partial charge in [0, 0.05) is 28.8 Å². The molecule has 0 aliphatic heterocycles. The van der Waals surface area contributed by atoms with Crippen LogP contribution in [-0.2, 0) is 6.42 Å². The van der Waals surface area contributed by atoms with Crippen LogP contribution in [0.25, 0.3) is 0 Å². The minimum Gasteiger partial charge on any atom is -0.369 e. The molecule has 2 aromatic heterocycles. The minimum absolute atomic E-state index is 0.240. The SMILES string of the molecule is CCNc1nc(NC(C)Cc2ccc(C)s2)c(Cl)cc1Cl. The normalized spacial score (nSPS) is 12.2. The first-order valence-corrected chi connectivity index (χ1v) is 8.48. The second-order valence-corrected chi connectivity index (χ2v) is 7.13. The van der Waals surface area contributed by atoms with Gasteiger partial charge in [0.2, 0.25) is 0 Å². The first-order valence-electron chi connectivity index (χ1n) is 6.91. The average Bonchev–Trinajstić information content (AvgIpc) is 2.80. The largest absolute Gasteiger partial charge is 0.369 e. The molecule has 2 rings (SSSR count). The third-order valence-corrected chi connectivity index (χ3v) is 4.56. The van der Waals surface area contributed by atoms with Gasteiger partial charge < -0.3 is 10.6 Å². The Morgan fingerprint density at radius 1 is 1.24 bits per heavy atom. The summed E-state index contributed by atoms with van der Waals surface area (Å²) in [6.07, 6.45) is 0.940. The van der Waals surface area contributed by atoms with Crippen molar-refractivity contribution in [3.8, 4) is 0 Å². The Kier molecular flexibility index (Phi) is 5.73. The van der Waals surface area contributed by atoms with Crippen LogP contribution in [-0.4, -0.2) is 17.6 Å². The Hall–Kier alpha value is -0.970. The van der Waals surface area contributed by atoms with Crippen LogP contribution in [0.5, 0.6) is 0 Å². The number of nitrogens with one attached hydrogen (secondary N) is 2. The van der Waals surface area contributed by atoms with Crippen molar-refractivity contribution >= 4 is 46.2 Å². The van der Waals surface area contributed by atoms with Gasteiger partial charge in [0.05, 0.1) is 10.0 Å². The lowest BCUT2D eigenvalue weighted by molar-refractivity contribution is 0.795. The lowest BCUT2D eigenvalue weighted by atomic mass is 10.2. The number of halogens is 2. The number of hydrogen-bond donors (Lipinski definition) is 2. The molecule has 0 aliphatic carbocycles. The zero-order chi connectivity index (χ0) is 15.4. The number of aromatic nitrogens is 1. The Balaban J connectivity index is 2.09. The molecule has 0 amide bonds. The van der Waals surface area contributed by atoms with Crippen molar-refractivity contribution in [3.05, 3.63) is 38.0 Å². The molecule has 6 heteroatoms. The van der Waals surface area contributed by atoms with Crippen molar-refractivity contribution in [1.82, 2.24) is 4.98 Å². The van der Waals surface area contributed by atoms with Crippen LogP contribution in [0.15, 0.2) is 18.2 Å². The summed E-state index contributed by atoms with van der Waals surface area (Å²) in [6, 6.07) is 6.27. The second kappa shape index (κ2) is 7.34. The number of thiophene rings is 1. The molecular formula is C15H19Cl2N3S. The highest BCUT2D eigenvalue weighted by atomic mass is 35.5. The summed E-state index contributed by atoms with van der Waals surface area (Å²) in [5.74, 6) is 1.32. The molecule has 2 heterocycles. The van der Waals surface area contributed by atoms with Crippen LogP contribution in [0.3, 0.4) is 0 Å². The van der Waals surface area contributed by atoms with Crippen LogP contribution in [0.2, 0.25) is 10.0 Å². The summed E-state index contributed by atoms with van der Waals surface area (Å²) >= 11 is 14.1. The fraction of sp³-hybridized carbons (Fsp3) is 0.400. The van der Waals surface area contributed by atoms with E-state index in [1.54, 1.807) is 6.07 Å². The van der Waals surface area contributed by atoms with Crippen molar-refractivity contribution in [2.75, 3.05) is 17.2 Å². The van der Waals surface area contributed by atoms with Gasteiger partial charge in [-0.05, 0) is 39.0 Å². The predicted molar refractivity (Wildman–Crippen MR) is 94.3 cm³/mol. The van der Waals surface area contributed by atoms with E-state index in [4.69, 9.17) is 23.2 Å². The van der Waals surface area contributed by atoms with Crippen LogP contribution in [0, 0.1) is 6.92 Å². The molecule has 114 valence electrons. The van der Waals surface area contributed by atoms with E-state index in [1.807, 2.05) is 18.3 Å². The fourth-order valence-electron chi connectivity index (χ4n) is 2.04. The van der Waals surface area contributed by atoms with E-state index in [-0.39, 0.29) is 6.04 Å². The van der Waals surface area contributed by atoms with Gasteiger partial charge in [0.1, 0.15) is 11.6 Å². The highest BCUT2D eigenvalue weighted by Gasteiger charge is 2.12. The van der Waals surface area contributed by atoms with Gasteiger partial charge in [-0.2, -0.15) is 0 Å². The molecule has 0 saturated carbocycles. The first kappa shape index (κ1) is 16.4. The van der Waals surface area contributed by atoms with E-state index in [0.717, 1.165) is 13.0 Å². The summed E-state index contributed by atoms with van der Waals surface area (Å²) in [5, 5.41) is 7.56. The standard InChI is InChI=1S/C15H19Cl2N3S/c1-4-18-14-12(16)8-13(17)15(20-14)19-9(2)7-11-6-5-10(3)21-11/h5-6,8-9H,4,7H2,1-3H3,(H2,18,19,20). The zero-order valence-electron chi connectivity index (χ0n) is 12.3. The van der Waals surface area contributed by atoms with Gasteiger partial charge >= 0.3 is 0 Å². The third kappa shape index (κ3) is 4.50. The van der Waals surface area contributed by atoms with E-state index in [9.17, 15) is 0 Å². The lowest BCUT2D eigenvalue weighted by Gasteiger charge is -2.16. The van der Waals surface area contributed by atoms with Gasteiger partial charge in [-0.1, -0.05) is 23.2 Å². The Labute approximate surface area is 139 Å². The van der Waals surface area contributed by atoms with Crippen LogP contribution in [0.4, 0.5) is 11.6 Å². The first-order chi connectivity index (χ1) is 9.99. The number of aryl methyl sites for hydroxylation is 1. The Morgan fingerprint density at radius 3 is 2.57 bits per heavy atom. The molecular weight excluding hydrogens is 325 g/mol.